The van der Waals surface area contributed by atoms with E-state index in [4.69, 9.17) is 5.73 Å². The largest absolute Gasteiger partial charge is 0.328 e. The molecule has 3 heterocycles. The summed E-state index contributed by atoms with van der Waals surface area (Å²) in [5.41, 5.74) is 6.11. The Morgan fingerprint density at radius 1 is 1.38 bits per heavy atom. The molecule has 2 nitrogen and oxygen atoms in total. The van der Waals surface area contributed by atoms with Crippen molar-refractivity contribution in [2.75, 3.05) is 0 Å². The molecular formula is C13H20N2S. The molecule has 2 fully saturated rings. The third-order valence-electron chi connectivity index (χ3n) is 4.23. The van der Waals surface area contributed by atoms with Crippen LogP contribution in [0.4, 0.5) is 0 Å². The van der Waals surface area contributed by atoms with Crippen molar-refractivity contribution in [3.05, 3.63) is 22.4 Å². The smallest absolute Gasteiger partial charge is 0.0419 e. The fraction of sp³-hybridized carbons (Fsp3) is 0.692. The molecule has 3 rings (SSSR count). The summed E-state index contributed by atoms with van der Waals surface area (Å²) in [6, 6.07) is 6.95. The minimum atomic E-state index is 0.448. The van der Waals surface area contributed by atoms with E-state index >= 15 is 0 Å². The molecule has 0 spiro atoms. The lowest BCUT2D eigenvalue weighted by atomic mass is 9.96. The molecule has 2 saturated heterocycles. The third kappa shape index (κ3) is 1.71. The second kappa shape index (κ2) is 4.13. The van der Waals surface area contributed by atoms with Crippen LogP contribution < -0.4 is 5.73 Å². The highest BCUT2D eigenvalue weighted by Gasteiger charge is 2.42. The second-order valence-corrected chi connectivity index (χ2v) is 6.23. The molecule has 0 saturated carbocycles. The number of nitrogens with two attached hydrogens (primary N) is 1. The Bertz CT molecular complexity index is 335. The first-order valence-electron chi connectivity index (χ1n) is 6.32. The molecule has 2 N–H and O–H groups in total. The summed E-state index contributed by atoms with van der Waals surface area (Å²) in [7, 11) is 0. The number of hydrogen-bond acceptors (Lipinski definition) is 3. The zero-order valence-electron chi connectivity index (χ0n) is 9.80. The van der Waals surface area contributed by atoms with Gasteiger partial charge in [-0.2, -0.15) is 0 Å². The summed E-state index contributed by atoms with van der Waals surface area (Å²) in [6.07, 6.45) is 5.11. The second-order valence-electron chi connectivity index (χ2n) is 5.26. The van der Waals surface area contributed by atoms with Crippen LogP contribution in [0.2, 0.25) is 0 Å². The average Bonchev–Trinajstić information content (AvgIpc) is 2.85. The molecule has 3 heteroatoms. The van der Waals surface area contributed by atoms with Gasteiger partial charge in [-0.05, 0) is 44.1 Å². The van der Waals surface area contributed by atoms with Crippen LogP contribution >= 0.6 is 11.3 Å². The molecule has 3 atom stereocenters. The monoisotopic (exact) mass is 236 g/mol. The molecule has 0 amide bonds. The highest BCUT2D eigenvalue weighted by molar-refractivity contribution is 7.10. The van der Waals surface area contributed by atoms with Crippen LogP contribution in [0, 0.1) is 0 Å². The van der Waals surface area contributed by atoms with Crippen LogP contribution in [0.15, 0.2) is 17.5 Å². The van der Waals surface area contributed by atoms with Crippen LogP contribution in [0.25, 0.3) is 0 Å². The maximum Gasteiger partial charge on any atom is 0.0419 e. The standard InChI is InChI=1S/C13H20N2S/c1-9(13-3-2-6-16-13)15-11-4-5-12(15)8-10(14)7-11/h2-3,6,9-12H,4-5,7-8,14H2,1H3. The first kappa shape index (κ1) is 10.8. The summed E-state index contributed by atoms with van der Waals surface area (Å²) in [5.74, 6) is 0. The molecule has 1 aromatic rings. The number of hydrogen-bond donors (Lipinski definition) is 1. The predicted molar refractivity (Wildman–Crippen MR) is 68.6 cm³/mol. The van der Waals surface area contributed by atoms with E-state index in [0.29, 0.717) is 12.1 Å². The Balaban J connectivity index is 1.81. The highest BCUT2D eigenvalue weighted by atomic mass is 32.1. The van der Waals surface area contributed by atoms with Gasteiger partial charge in [-0.1, -0.05) is 6.07 Å². The molecule has 3 unspecified atom stereocenters. The molecule has 88 valence electrons. The fourth-order valence-corrected chi connectivity index (χ4v) is 4.35. The van der Waals surface area contributed by atoms with Gasteiger partial charge in [0.1, 0.15) is 0 Å². The molecule has 1 aromatic heterocycles. The Hall–Kier alpha value is -0.380. The van der Waals surface area contributed by atoms with Crippen LogP contribution in [-0.2, 0) is 0 Å². The van der Waals surface area contributed by atoms with Crippen LogP contribution in [0.3, 0.4) is 0 Å². The lowest BCUT2D eigenvalue weighted by Crippen LogP contribution is -2.48. The Kier molecular flexibility index (Phi) is 2.78. The summed E-state index contributed by atoms with van der Waals surface area (Å²) in [6.45, 7) is 2.36. The van der Waals surface area contributed by atoms with Crippen LogP contribution in [-0.4, -0.2) is 23.0 Å². The van der Waals surface area contributed by atoms with Crippen molar-refractivity contribution >= 4 is 11.3 Å². The molecule has 2 aliphatic rings. The van der Waals surface area contributed by atoms with Gasteiger partial charge in [0.15, 0.2) is 0 Å². The molecule has 0 radical (unpaired) electrons. The van der Waals surface area contributed by atoms with Gasteiger partial charge in [-0.3, -0.25) is 4.90 Å². The maximum atomic E-state index is 6.11. The van der Waals surface area contributed by atoms with Gasteiger partial charge in [0, 0.05) is 29.0 Å². The summed E-state index contributed by atoms with van der Waals surface area (Å²) < 4.78 is 0. The van der Waals surface area contributed by atoms with Gasteiger partial charge in [0.25, 0.3) is 0 Å². The molecule has 16 heavy (non-hydrogen) atoms. The lowest BCUT2D eigenvalue weighted by Gasteiger charge is -2.41. The van der Waals surface area contributed by atoms with Gasteiger partial charge >= 0.3 is 0 Å². The average molecular weight is 236 g/mol. The van der Waals surface area contributed by atoms with Crippen LogP contribution in [0.5, 0.6) is 0 Å². The number of fused-ring (bicyclic) bond motifs is 2. The van der Waals surface area contributed by atoms with Gasteiger partial charge < -0.3 is 5.73 Å². The van der Waals surface area contributed by atoms with E-state index in [2.05, 4.69) is 29.3 Å². The molecule has 0 aromatic carbocycles. The Morgan fingerprint density at radius 2 is 2.06 bits per heavy atom. The Morgan fingerprint density at radius 3 is 2.62 bits per heavy atom. The zero-order valence-corrected chi connectivity index (χ0v) is 10.6. The lowest BCUT2D eigenvalue weighted by molar-refractivity contribution is 0.0870. The summed E-state index contributed by atoms with van der Waals surface area (Å²) in [5, 5.41) is 2.18. The van der Waals surface area contributed by atoms with Crippen molar-refractivity contribution in [3.63, 3.8) is 0 Å². The van der Waals surface area contributed by atoms with Crippen LogP contribution in [0.1, 0.15) is 43.5 Å². The number of piperidine rings is 1. The topological polar surface area (TPSA) is 29.3 Å². The van der Waals surface area contributed by atoms with E-state index in [1.807, 2.05) is 11.3 Å². The zero-order chi connectivity index (χ0) is 11.1. The molecular weight excluding hydrogens is 216 g/mol. The minimum Gasteiger partial charge on any atom is -0.328 e. The van der Waals surface area contributed by atoms with Crippen molar-refractivity contribution in [2.45, 2.75) is 56.8 Å². The SMILES string of the molecule is CC(c1cccs1)N1C2CCC1CC(N)C2. The normalized spacial score (nSPS) is 36.5. The first-order valence-corrected chi connectivity index (χ1v) is 7.20. The van der Waals surface area contributed by atoms with E-state index < -0.39 is 0 Å². The van der Waals surface area contributed by atoms with Gasteiger partial charge in [0.2, 0.25) is 0 Å². The van der Waals surface area contributed by atoms with Crippen molar-refractivity contribution in [2.24, 2.45) is 5.73 Å². The predicted octanol–water partition coefficient (Wildman–Crippen LogP) is 2.76. The highest BCUT2D eigenvalue weighted by Crippen LogP contribution is 2.41. The van der Waals surface area contributed by atoms with Gasteiger partial charge in [0.05, 0.1) is 0 Å². The van der Waals surface area contributed by atoms with Crippen molar-refractivity contribution in [1.29, 1.82) is 0 Å². The van der Waals surface area contributed by atoms with Gasteiger partial charge in [-0.15, -0.1) is 11.3 Å². The van der Waals surface area contributed by atoms with Crippen molar-refractivity contribution < 1.29 is 0 Å². The minimum absolute atomic E-state index is 0.448. The summed E-state index contributed by atoms with van der Waals surface area (Å²) >= 11 is 1.88. The fourth-order valence-electron chi connectivity index (χ4n) is 3.56. The van der Waals surface area contributed by atoms with E-state index in [-0.39, 0.29) is 0 Å². The first-order chi connectivity index (χ1) is 7.75. The molecule has 0 aliphatic carbocycles. The Labute approximate surface area is 101 Å². The van der Waals surface area contributed by atoms with E-state index in [1.165, 1.54) is 30.6 Å². The number of thiophene rings is 1. The number of nitrogens with zero attached hydrogens (tertiary/aromatic N) is 1. The van der Waals surface area contributed by atoms with Crippen molar-refractivity contribution in [3.8, 4) is 0 Å². The third-order valence-corrected chi connectivity index (χ3v) is 5.27. The summed E-state index contributed by atoms with van der Waals surface area (Å²) in [4.78, 5) is 4.24. The van der Waals surface area contributed by atoms with Crippen molar-refractivity contribution in [1.82, 2.24) is 4.90 Å². The van der Waals surface area contributed by atoms with Gasteiger partial charge in [-0.25, -0.2) is 0 Å². The quantitative estimate of drug-likeness (QED) is 0.855. The molecule has 2 bridgehead atoms. The van der Waals surface area contributed by atoms with E-state index in [0.717, 1.165) is 12.1 Å². The number of rotatable bonds is 2. The molecule has 2 aliphatic heterocycles. The maximum absolute atomic E-state index is 6.11. The van der Waals surface area contributed by atoms with E-state index in [1.54, 1.807) is 0 Å². The van der Waals surface area contributed by atoms with E-state index in [9.17, 15) is 0 Å².